The lowest BCUT2D eigenvalue weighted by Crippen LogP contribution is -2.32. The highest BCUT2D eigenvalue weighted by atomic mass is 16.5. The number of aliphatic carboxylic acids is 1. The minimum atomic E-state index is -0.676. The molecule has 0 radical (unpaired) electrons. The van der Waals surface area contributed by atoms with E-state index in [4.69, 9.17) is 9.84 Å². The van der Waals surface area contributed by atoms with Gasteiger partial charge >= 0.3 is 5.97 Å². The first-order valence-electron chi connectivity index (χ1n) is 6.62. The summed E-state index contributed by atoms with van der Waals surface area (Å²) in [4.78, 5) is 13.1. The minimum Gasteiger partial charge on any atom is -0.481 e. The highest BCUT2D eigenvalue weighted by Gasteiger charge is 2.18. The smallest absolute Gasteiger partial charge is 0.307 e. The number of carboxylic acids is 1. The van der Waals surface area contributed by atoms with Gasteiger partial charge in [-0.25, -0.2) is 0 Å². The first-order chi connectivity index (χ1) is 8.13. The third-order valence-electron chi connectivity index (χ3n) is 3.63. The molecule has 1 unspecified atom stereocenters. The molecule has 1 aliphatic heterocycles. The molecule has 0 bridgehead atoms. The van der Waals surface area contributed by atoms with Gasteiger partial charge in [-0.3, -0.25) is 4.79 Å². The van der Waals surface area contributed by atoms with Gasteiger partial charge in [0.25, 0.3) is 0 Å². The Morgan fingerprint density at radius 2 is 2.12 bits per heavy atom. The van der Waals surface area contributed by atoms with E-state index in [1.54, 1.807) is 0 Å². The Hall–Kier alpha value is -0.610. The Morgan fingerprint density at radius 3 is 2.65 bits per heavy atom. The van der Waals surface area contributed by atoms with Crippen LogP contribution in [0.1, 0.15) is 32.6 Å². The predicted molar refractivity (Wildman–Crippen MR) is 67.1 cm³/mol. The Bertz CT molecular complexity index is 227. The number of hydrogen-bond donors (Lipinski definition) is 1. The van der Waals surface area contributed by atoms with Crippen molar-refractivity contribution in [3.63, 3.8) is 0 Å². The van der Waals surface area contributed by atoms with Crippen molar-refractivity contribution in [1.29, 1.82) is 0 Å². The van der Waals surface area contributed by atoms with E-state index in [-0.39, 0.29) is 5.92 Å². The van der Waals surface area contributed by atoms with Gasteiger partial charge in [-0.15, -0.1) is 0 Å². The molecule has 0 amide bonds. The van der Waals surface area contributed by atoms with Crippen LogP contribution in [0.25, 0.3) is 0 Å². The summed E-state index contributed by atoms with van der Waals surface area (Å²) < 4.78 is 5.33. The van der Waals surface area contributed by atoms with Crippen LogP contribution < -0.4 is 0 Å². The molecule has 1 heterocycles. The molecule has 1 fully saturated rings. The second kappa shape index (κ2) is 7.67. The van der Waals surface area contributed by atoms with E-state index in [0.717, 1.165) is 44.9 Å². The molecule has 0 saturated carbocycles. The summed E-state index contributed by atoms with van der Waals surface area (Å²) in [5, 5.41) is 9.00. The molecule has 0 spiro atoms. The van der Waals surface area contributed by atoms with Crippen molar-refractivity contribution in [2.75, 3.05) is 33.4 Å². The van der Waals surface area contributed by atoms with Gasteiger partial charge in [0, 0.05) is 19.8 Å². The molecule has 0 aromatic heterocycles. The number of ether oxygens (including phenoxy) is 1. The molecule has 100 valence electrons. The number of carboxylic acid groups (broad SMARTS) is 1. The minimum absolute atomic E-state index is 0.227. The van der Waals surface area contributed by atoms with Crippen LogP contribution in [0.3, 0.4) is 0 Å². The van der Waals surface area contributed by atoms with Crippen LogP contribution in [0.2, 0.25) is 0 Å². The lowest BCUT2D eigenvalue weighted by Gasteiger charge is -2.26. The lowest BCUT2D eigenvalue weighted by molar-refractivity contribution is -0.142. The third-order valence-corrected chi connectivity index (χ3v) is 3.63. The number of carbonyl (C=O) groups is 1. The number of nitrogens with zero attached hydrogens (tertiary/aromatic N) is 1. The van der Waals surface area contributed by atoms with Crippen molar-refractivity contribution in [3.05, 3.63) is 0 Å². The summed E-state index contributed by atoms with van der Waals surface area (Å²) in [7, 11) is 2.02. The molecule has 0 aliphatic carbocycles. The normalized spacial score (nSPS) is 19.5. The molecule has 17 heavy (non-hydrogen) atoms. The van der Waals surface area contributed by atoms with E-state index < -0.39 is 5.97 Å². The van der Waals surface area contributed by atoms with Crippen LogP contribution in [-0.4, -0.2) is 49.3 Å². The van der Waals surface area contributed by atoms with Gasteiger partial charge in [0.2, 0.25) is 0 Å². The zero-order valence-corrected chi connectivity index (χ0v) is 11.0. The molecule has 1 rings (SSSR count). The molecule has 1 atom stereocenters. The van der Waals surface area contributed by atoms with Gasteiger partial charge in [-0.1, -0.05) is 6.92 Å². The van der Waals surface area contributed by atoms with Crippen LogP contribution >= 0.6 is 0 Å². The van der Waals surface area contributed by atoms with E-state index in [2.05, 4.69) is 4.90 Å². The first-order valence-corrected chi connectivity index (χ1v) is 6.62. The maximum atomic E-state index is 10.9. The second-order valence-corrected chi connectivity index (χ2v) is 5.05. The monoisotopic (exact) mass is 243 g/mol. The summed E-state index contributed by atoms with van der Waals surface area (Å²) in [6.07, 6.45) is 4.18. The average molecular weight is 243 g/mol. The van der Waals surface area contributed by atoms with Crippen molar-refractivity contribution in [1.82, 2.24) is 4.90 Å². The molecule has 1 aliphatic rings. The average Bonchev–Trinajstić information content (AvgIpc) is 2.34. The topological polar surface area (TPSA) is 49.8 Å². The molecule has 0 aromatic carbocycles. The van der Waals surface area contributed by atoms with Gasteiger partial charge in [-0.05, 0) is 45.2 Å². The fraction of sp³-hybridized carbons (Fsp3) is 0.923. The van der Waals surface area contributed by atoms with Crippen molar-refractivity contribution in [3.8, 4) is 0 Å². The summed E-state index contributed by atoms with van der Waals surface area (Å²) >= 11 is 0. The van der Waals surface area contributed by atoms with Gasteiger partial charge < -0.3 is 14.7 Å². The largest absolute Gasteiger partial charge is 0.481 e. The van der Waals surface area contributed by atoms with Gasteiger partial charge in [0.1, 0.15) is 0 Å². The van der Waals surface area contributed by atoms with Crippen LogP contribution in [0.15, 0.2) is 0 Å². The molecule has 4 nitrogen and oxygen atoms in total. The van der Waals surface area contributed by atoms with Crippen LogP contribution in [0, 0.1) is 11.8 Å². The van der Waals surface area contributed by atoms with E-state index >= 15 is 0 Å². The maximum absolute atomic E-state index is 10.9. The van der Waals surface area contributed by atoms with Gasteiger partial charge in [0.05, 0.1) is 5.92 Å². The van der Waals surface area contributed by atoms with Crippen molar-refractivity contribution in [2.45, 2.75) is 32.6 Å². The zero-order chi connectivity index (χ0) is 12.7. The number of hydrogen-bond acceptors (Lipinski definition) is 3. The fourth-order valence-electron chi connectivity index (χ4n) is 2.29. The Morgan fingerprint density at radius 1 is 1.47 bits per heavy atom. The second-order valence-electron chi connectivity index (χ2n) is 5.05. The summed E-state index contributed by atoms with van der Waals surface area (Å²) in [6, 6.07) is 0. The van der Waals surface area contributed by atoms with Crippen molar-refractivity contribution >= 4 is 5.97 Å². The highest BCUT2D eigenvalue weighted by Crippen LogP contribution is 2.18. The highest BCUT2D eigenvalue weighted by molar-refractivity contribution is 5.70. The Balaban J connectivity index is 2.19. The van der Waals surface area contributed by atoms with E-state index in [1.165, 1.54) is 0 Å². The van der Waals surface area contributed by atoms with Crippen LogP contribution in [-0.2, 0) is 9.53 Å². The summed E-state index contributed by atoms with van der Waals surface area (Å²) in [6.45, 7) is 5.37. The number of rotatable bonds is 7. The van der Waals surface area contributed by atoms with Gasteiger partial charge in [-0.2, -0.15) is 0 Å². The zero-order valence-electron chi connectivity index (χ0n) is 11.0. The predicted octanol–water partition coefficient (Wildman–Crippen LogP) is 1.85. The van der Waals surface area contributed by atoms with E-state index in [0.29, 0.717) is 13.0 Å². The molecular formula is C13H25NO3. The Kier molecular flexibility index (Phi) is 6.52. The van der Waals surface area contributed by atoms with Crippen molar-refractivity contribution < 1.29 is 14.6 Å². The van der Waals surface area contributed by atoms with E-state index in [1.807, 2.05) is 14.0 Å². The standard InChI is InChI=1S/C13H25NO3/c1-3-12(13(15)16)10-14(2)7-4-11-5-8-17-9-6-11/h11-12H,3-10H2,1-2H3,(H,15,16). The first kappa shape index (κ1) is 14.5. The molecule has 1 saturated heterocycles. The fourth-order valence-corrected chi connectivity index (χ4v) is 2.29. The molecule has 1 N–H and O–H groups in total. The third kappa shape index (κ3) is 5.50. The van der Waals surface area contributed by atoms with Gasteiger partial charge in [0.15, 0.2) is 0 Å². The molecular weight excluding hydrogens is 218 g/mol. The van der Waals surface area contributed by atoms with Crippen molar-refractivity contribution in [2.24, 2.45) is 11.8 Å². The molecule has 0 aromatic rings. The lowest BCUT2D eigenvalue weighted by atomic mass is 9.96. The maximum Gasteiger partial charge on any atom is 0.307 e. The van der Waals surface area contributed by atoms with Crippen LogP contribution in [0.5, 0.6) is 0 Å². The van der Waals surface area contributed by atoms with E-state index in [9.17, 15) is 4.79 Å². The summed E-state index contributed by atoms with van der Waals surface area (Å²) in [5.74, 6) is -0.142. The SMILES string of the molecule is CCC(CN(C)CCC1CCOCC1)C(=O)O. The Labute approximate surface area is 104 Å². The molecule has 4 heteroatoms. The summed E-state index contributed by atoms with van der Waals surface area (Å²) in [5.41, 5.74) is 0. The quantitative estimate of drug-likeness (QED) is 0.741. The van der Waals surface area contributed by atoms with Crippen LogP contribution in [0.4, 0.5) is 0 Å².